The molecule has 1 aromatic heterocycles. The van der Waals surface area contributed by atoms with Gasteiger partial charge in [-0.3, -0.25) is 9.89 Å². The Labute approximate surface area is 140 Å². The fraction of sp³-hybridized carbons (Fsp3) is 0.778. The smallest absolute Gasteiger partial charge is 0.225 e. The van der Waals surface area contributed by atoms with Gasteiger partial charge in [0.15, 0.2) is 0 Å². The van der Waals surface area contributed by atoms with Gasteiger partial charge in [0.05, 0.1) is 6.20 Å². The Balaban J connectivity index is 1.91. The Kier molecular flexibility index (Phi) is 6.63. The van der Waals surface area contributed by atoms with Crippen LogP contribution in [0.3, 0.4) is 0 Å². The van der Waals surface area contributed by atoms with Crippen LogP contribution in [0.5, 0.6) is 0 Å². The number of nitrogens with one attached hydrogen (secondary N) is 1. The highest BCUT2D eigenvalue weighted by Crippen LogP contribution is 2.29. The molecule has 1 saturated heterocycles. The minimum Gasteiger partial charge on any atom is -0.342 e. The SMILES string of the molecule is CCCCN(C)Cc1cn[nH]c1C1CCN(C(=O)C(C)C)CC1. The van der Waals surface area contributed by atoms with Crippen molar-refractivity contribution < 1.29 is 4.79 Å². The third-order valence-corrected chi connectivity index (χ3v) is 4.79. The average molecular weight is 320 g/mol. The first-order valence-electron chi connectivity index (χ1n) is 9.02. The number of unbranched alkanes of at least 4 members (excludes halogenated alkanes) is 1. The fourth-order valence-corrected chi connectivity index (χ4v) is 3.35. The number of nitrogens with zero attached hydrogens (tertiary/aromatic N) is 3. The summed E-state index contributed by atoms with van der Waals surface area (Å²) in [5.74, 6) is 0.886. The molecule has 0 saturated carbocycles. The molecule has 0 unspecified atom stereocenters. The lowest BCUT2D eigenvalue weighted by Crippen LogP contribution is -2.40. The molecule has 5 heteroatoms. The fourth-order valence-electron chi connectivity index (χ4n) is 3.35. The van der Waals surface area contributed by atoms with Crippen molar-refractivity contribution in [2.24, 2.45) is 5.92 Å². The molecule has 23 heavy (non-hydrogen) atoms. The normalized spacial score (nSPS) is 16.5. The van der Waals surface area contributed by atoms with Crippen LogP contribution < -0.4 is 0 Å². The lowest BCUT2D eigenvalue weighted by molar-refractivity contribution is -0.135. The summed E-state index contributed by atoms with van der Waals surface area (Å²) in [4.78, 5) is 16.5. The molecule has 1 fully saturated rings. The van der Waals surface area contributed by atoms with Crippen LogP contribution in [-0.2, 0) is 11.3 Å². The van der Waals surface area contributed by atoms with Gasteiger partial charge in [-0.25, -0.2) is 0 Å². The van der Waals surface area contributed by atoms with Crippen molar-refractivity contribution in [2.75, 3.05) is 26.7 Å². The lowest BCUT2D eigenvalue weighted by Gasteiger charge is -2.33. The van der Waals surface area contributed by atoms with Crippen LogP contribution in [0.15, 0.2) is 6.20 Å². The number of carbonyl (C=O) groups excluding carboxylic acids is 1. The standard InChI is InChI=1S/C18H32N4O/c1-5-6-9-21(4)13-16-12-19-20-17(16)15-7-10-22(11-8-15)18(23)14(2)3/h12,14-15H,5-11,13H2,1-4H3,(H,19,20). The van der Waals surface area contributed by atoms with E-state index in [-0.39, 0.29) is 11.8 Å². The first kappa shape index (κ1) is 18.0. The summed E-state index contributed by atoms with van der Waals surface area (Å²) in [5, 5.41) is 7.50. The predicted molar refractivity (Wildman–Crippen MR) is 93.2 cm³/mol. The highest BCUT2D eigenvalue weighted by molar-refractivity contribution is 5.78. The Morgan fingerprint density at radius 3 is 2.74 bits per heavy atom. The Bertz CT molecular complexity index is 489. The van der Waals surface area contributed by atoms with Crippen LogP contribution in [0, 0.1) is 5.92 Å². The molecule has 0 atom stereocenters. The Morgan fingerprint density at radius 1 is 1.43 bits per heavy atom. The van der Waals surface area contributed by atoms with Crippen LogP contribution in [-0.4, -0.2) is 52.6 Å². The second kappa shape index (κ2) is 8.48. The summed E-state index contributed by atoms with van der Waals surface area (Å²) in [6.07, 6.45) is 6.51. The third kappa shape index (κ3) is 4.80. The number of rotatable bonds is 7. The predicted octanol–water partition coefficient (Wildman–Crippen LogP) is 3.00. The van der Waals surface area contributed by atoms with Crippen molar-refractivity contribution in [1.29, 1.82) is 0 Å². The summed E-state index contributed by atoms with van der Waals surface area (Å²) in [6.45, 7) is 10.0. The average Bonchev–Trinajstić information content (AvgIpc) is 3.00. The second-order valence-electron chi connectivity index (χ2n) is 7.15. The number of hydrogen-bond donors (Lipinski definition) is 1. The summed E-state index contributed by atoms with van der Waals surface area (Å²) < 4.78 is 0. The van der Waals surface area contributed by atoms with E-state index in [1.807, 2.05) is 24.9 Å². The molecule has 0 bridgehead atoms. The minimum absolute atomic E-state index is 0.0986. The molecular weight excluding hydrogens is 288 g/mol. The monoisotopic (exact) mass is 320 g/mol. The van der Waals surface area contributed by atoms with Crippen LogP contribution in [0.2, 0.25) is 0 Å². The number of likely N-dealkylation sites (tertiary alicyclic amines) is 1. The number of H-pyrrole nitrogens is 1. The summed E-state index contributed by atoms with van der Waals surface area (Å²) in [5.41, 5.74) is 2.60. The first-order chi connectivity index (χ1) is 11.0. The van der Waals surface area contributed by atoms with Crippen molar-refractivity contribution in [3.8, 4) is 0 Å². The lowest BCUT2D eigenvalue weighted by atomic mass is 9.91. The molecule has 0 spiro atoms. The summed E-state index contributed by atoms with van der Waals surface area (Å²) >= 11 is 0. The van der Waals surface area contributed by atoms with E-state index in [1.165, 1.54) is 24.1 Å². The topological polar surface area (TPSA) is 52.2 Å². The van der Waals surface area contributed by atoms with E-state index in [4.69, 9.17) is 0 Å². The molecule has 0 aromatic carbocycles. The third-order valence-electron chi connectivity index (χ3n) is 4.79. The number of amides is 1. The second-order valence-corrected chi connectivity index (χ2v) is 7.15. The van der Waals surface area contributed by atoms with Gasteiger partial charge in [0.1, 0.15) is 0 Å². The number of hydrogen-bond acceptors (Lipinski definition) is 3. The van der Waals surface area contributed by atoms with Crippen molar-refractivity contribution in [3.63, 3.8) is 0 Å². The number of aromatic amines is 1. The molecule has 1 aromatic rings. The molecule has 130 valence electrons. The van der Waals surface area contributed by atoms with Gasteiger partial charge >= 0.3 is 0 Å². The first-order valence-corrected chi connectivity index (χ1v) is 9.02. The van der Waals surface area contributed by atoms with E-state index < -0.39 is 0 Å². The van der Waals surface area contributed by atoms with Gasteiger partial charge in [-0.2, -0.15) is 5.10 Å². The maximum atomic E-state index is 12.1. The molecule has 2 rings (SSSR count). The van der Waals surface area contributed by atoms with Gasteiger partial charge in [-0.15, -0.1) is 0 Å². The van der Waals surface area contributed by atoms with E-state index in [2.05, 4.69) is 29.1 Å². The van der Waals surface area contributed by atoms with E-state index in [0.29, 0.717) is 5.92 Å². The van der Waals surface area contributed by atoms with Crippen molar-refractivity contribution in [1.82, 2.24) is 20.0 Å². The Morgan fingerprint density at radius 2 is 2.13 bits per heavy atom. The molecular formula is C18H32N4O. The highest BCUT2D eigenvalue weighted by atomic mass is 16.2. The number of aromatic nitrogens is 2. The quantitative estimate of drug-likeness (QED) is 0.840. The van der Waals surface area contributed by atoms with Gasteiger partial charge in [0.2, 0.25) is 5.91 Å². The zero-order valence-corrected chi connectivity index (χ0v) is 15.1. The van der Waals surface area contributed by atoms with E-state index in [9.17, 15) is 4.79 Å². The van der Waals surface area contributed by atoms with Crippen molar-refractivity contribution in [2.45, 2.75) is 58.9 Å². The van der Waals surface area contributed by atoms with Crippen LogP contribution in [0.1, 0.15) is 63.6 Å². The minimum atomic E-state index is 0.0986. The molecule has 2 heterocycles. The maximum absolute atomic E-state index is 12.1. The zero-order valence-electron chi connectivity index (χ0n) is 15.1. The highest BCUT2D eigenvalue weighted by Gasteiger charge is 2.27. The van der Waals surface area contributed by atoms with E-state index in [0.717, 1.165) is 39.0 Å². The Hall–Kier alpha value is -1.36. The van der Waals surface area contributed by atoms with Crippen molar-refractivity contribution >= 4 is 5.91 Å². The molecule has 0 radical (unpaired) electrons. The van der Waals surface area contributed by atoms with E-state index >= 15 is 0 Å². The maximum Gasteiger partial charge on any atom is 0.225 e. The number of carbonyl (C=O) groups is 1. The molecule has 1 aliphatic rings. The molecule has 5 nitrogen and oxygen atoms in total. The van der Waals surface area contributed by atoms with E-state index in [1.54, 1.807) is 0 Å². The molecule has 1 amide bonds. The van der Waals surface area contributed by atoms with Gasteiger partial charge in [-0.1, -0.05) is 27.2 Å². The van der Waals surface area contributed by atoms with Gasteiger partial charge < -0.3 is 9.80 Å². The molecule has 1 aliphatic heterocycles. The molecule has 1 N–H and O–H groups in total. The van der Waals surface area contributed by atoms with Crippen LogP contribution in [0.25, 0.3) is 0 Å². The summed E-state index contributed by atoms with van der Waals surface area (Å²) in [6, 6.07) is 0. The van der Waals surface area contributed by atoms with Gasteiger partial charge in [-0.05, 0) is 32.9 Å². The number of piperidine rings is 1. The van der Waals surface area contributed by atoms with Crippen LogP contribution in [0.4, 0.5) is 0 Å². The van der Waals surface area contributed by atoms with Gasteiger partial charge in [0, 0.05) is 42.7 Å². The summed E-state index contributed by atoms with van der Waals surface area (Å²) in [7, 11) is 2.18. The zero-order chi connectivity index (χ0) is 16.8. The van der Waals surface area contributed by atoms with Gasteiger partial charge in [0.25, 0.3) is 0 Å². The largest absolute Gasteiger partial charge is 0.342 e. The van der Waals surface area contributed by atoms with Crippen molar-refractivity contribution in [3.05, 3.63) is 17.5 Å². The molecule has 0 aliphatic carbocycles. The van der Waals surface area contributed by atoms with Crippen LogP contribution >= 0.6 is 0 Å².